The number of amidine groups is 1. The lowest BCUT2D eigenvalue weighted by atomic mass is 10.0. The minimum absolute atomic E-state index is 0.117. The fraction of sp³-hybridized carbons (Fsp3) is 0.250. The number of carbonyl (C=O) groups excluding carboxylic acids is 2. The molecule has 1 saturated heterocycles. The van der Waals surface area contributed by atoms with Crippen LogP contribution in [-0.4, -0.2) is 52.8 Å². The Hall–Kier alpha value is -4.36. The number of rotatable bonds is 3. The van der Waals surface area contributed by atoms with Gasteiger partial charge in [-0.05, 0) is 26.0 Å². The van der Waals surface area contributed by atoms with Crippen LogP contribution in [-0.2, 0) is 9.53 Å². The van der Waals surface area contributed by atoms with Crippen LogP contribution < -0.4 is 5.32 Å². The van der Waals surface area contributed by atoms with Gasteiger partial charge in [0, 0.05) is 41.9 Å². The number of morpholine rings is 1. The molecule has 10 heteroatoms. The third kappa shape index (κ3) is 4.42. The number of nitriles is 1. The first-order valence-electron chi connectivity index (χ1n) is 10.6. The number of hydrogen-bond acceptors (Lipinski definition) is 7. The third-order valence-corrected chi connectivity index (χ3v) is 5.50. The second kappa shape index (κ2) is 9.25. The van der Waals surface area contributed by atoms with Crippen molar-refractivity contribution in [3.63, 3.8) is 0 Å². The maximum absolute atomic E-state index is 13.2. The largest absolute Gasteiger partial charge is 0.372 e. The first kappa shape index (κ1) is 22.8. The molecule has 0 aliphatic carbocycles. The zero-order valence-corrected chi connectivity index (χ0v) is 18.5. The Morgan fingerprint density at radius 3 is 2.32 bits per heavy atom. The number of nitrogens with one attached hydrogen (secondary N) is 1. The second-order valence-electron chi connectivity index (χ2n) is 8.07. The minimum Gasteiger partial charge on any atom is -0.372 e. The molecule has 0 saturated carbocycles. The number of nitrogens with zero attached hydrogens (tertiary/aromatic N) is 4. The summed E-state index contributed by atoms with van der Waals surface area (Å²) in [7, 11) is 0. The highest BCUT2D eigenvalue weighted by Crippen LogP contribution is 2.31. The van der Waals surface area contributed by atoms with Gasteiger partial charge >= 0.3 is 0 Å². The monoisotopic (exact) mass is 459 g/mol. The molecule has 0 unspecified atom stereocenters. The average molecular weight is 459 g/mol. The normalized spacial score (nSPS) is 20.6. The quantitative estimate of drug-likeness (QED) is 0.324. The van der Waals surface area contributed by atoms with Gasteiger partial charge in [0.15, 0.2) is 0 Å². The van der Waals surface area contributed by atoms with E-state index in [1.165, 1.54) is 24.3 Å². The van der Waals surface area contributed by atoms with Crippen molar-refractivity contribution in [2.24, 2.45) is 4.99 Å². The highest BCUT2D eigenvalue weighted by molar-refractivity contribution is 6.20. The van der Waals surface area contributed by atoms with Crippen molar-refractivity contribution in [2.45, 2.75) is 26.1 Å². The molecule has 2 amide bonds. The number of amides is 2. The Bertz CT molecular complexity index is 1270. The standard InChI is InChI=1S/C24H21N5O5/c1-14-12-28(13-15(2)34-14)24(31)20(11-25)21-18-5-3-4-6-19(18)22(26-21)27-23(30)16-7-9-17(10-8-16)29(32)33/h3-10,14-15H,12-13H2,1-2H3,(H,26,27,30)/b21-20+/t14-,15+. The van der Waals surface area contributed by atoms with E-state index in [-0.39, 0.29) is 40.6 Å². The highest BCUT2D eigenvalue weighted by atomic mass is 16.6. The number of ether oxygens (including phenoxy) is 1. The summed E-state index contributed by atoms with van der Waals surface area (Å²) in [4.78, 5) is 42.3. The van der Waals surface area contributed by atoms with Crippen LogP contribution in [0.2, 0.25) is 0 Å². The van der Waals surface area contributed by atoms with Gasteiger partial charge < -0.3 is 15.0 Å². The Morgan fingerprint density at radius 2 is 1.74 bits per heavy atom. The molecule has 2 aliphatic heterocycles. The molecule has 4 rings (SSSR count). The number of non-ortho nitro benzene ring substituents is 1. The van der Waals surface area contributed by atoms with E-state index in [1.54, 1.807) is 29.2 Å². The molecule has 2 aliphatic rings. The Morgan fingerprint density at radius 1 is 1.12 bits per heavy atom. The summed E-state index contributed by atoms with van der Waals surface area (Å²) in [6, 6.07) is 14.1. The van der Waals surface area contributed by atoms with E-state index in [9.17, 15) is 25.0 Å². The molecule has 10 nitrogen and oxygen atoms in total. The van der Waals surface area contributed by atoms with E-state index in [4.69, 9.17) is 4.74 Å². The lowest BCUT2D eigenvalue weighted by Crippen LogP contribution is -2.48. The predicted octanol–water partition coefficient (Wildman–Crippen LogP) is 2.66. The second-order valence-corrected chi connectivity index (χ2v) is 8.07. The van der Waals surface area contributed by atoms with Crippen LogP contribution in [0, 0.1) is 21.4 Å². The summed E-state index contributed by atoms with van der Waals surface area (Å²) < 4.78 is 5.68. The van der Waals surface area contributed by atoms with Gasteiger partial charge in [0.05, 0.1) is 22.8 Å². The van der Waals surface area contributed by atoms with E-state index < -0.39 is 16.7 Å². The number of fused-ring (bicyclic) bond motifs is 1. The molecule has 1 fully saturated rings. The predicted molar refractivity (Wildman–Crippen MR) is 123 cm³/mol. The number of aliphatic imine (C=N–C) groups is 1. The number of benzene rings is 2. The van der Waals surface area contributed by atoms with Crippen LogP contribution in [0.3, 0.4) is 0 Å². The molecule has 2 aromatic rings. The molecule has 172 valence electrons. The number of nitro benzene ring substituents is 1. The fourth-order valence-electron chi connectivity index (χ4n) is 4.03. The molecule has 0 radical (unpaired) electrons. The molecular formula is C24H21N5O5. The van der Waals surface area contributed by atoms with E-state index >= 15 is 0 Å². The first-order valence-corrected chi connectivity index (χ1v) is 10.6. The fourth-order valence-corrected chi connectivity index (χ4v) is 4.03. The van der Waals surface area contributed by atoms with Gasteiger partial charge in [-0.15, -0.1) is 0 Å². The Labute approximate surface area is 195 Å². The van der Waals surface area contributed by atoms with Crippen LogP contribution in [0.25, 0.3) is 5.70 Å². The van der Waals surface area contributed by atoms with Gasteiger partial charge in [-0.1, -0.05) is 24.3 Å². The maximum Gasteiger partial charge on any atom is 0.269 e. The molecule has 0 spiro atoms. The van der Waals surface area contributed by atoms with Crippen molar-refractivity contribution < 1.29 is 19.2 Å². The molecule has 0 bridgehead atoms. The van der Waals surface area contributed by atoms with Gasteiger partial charge in [-0.3, -0.25) is 19.7 Å². The summed E-state index contributed by atoms with van der Waals surface area (Å²) in [5, 5.41) is 23.4. The van der Waals surface area contributed by atoms with Crippen LogP contribution in [0.15, 0.2) is 59.1 Å². The van der Waals surface area contributed by atoms with Crippen molar-refractivity contribution in [2.75, 3.05) is 13.1 Å². The van der Waals surface area contributed by atoms with Crippen molar-refractivity contribution in [3.8, 4) is 6.07 Å². The molecule has 1 N–H and O–H groups in total. The molecule has 2 atom stereocenters. The van der Waals surface area contributed by atoms with Crippen LogP contribution in [0.4, 0.5) is 5.69 Å². The van der Waals surface area contributed by atoms with E-state index in [0.29, 0.717) is 24.2 Å². The summed E-state index contributed by atoms with van der Waals surface area (Å²) in [6.45, 7) is 4.45. The van der Waals surface area contributed by atoms with Crippen molar-refractivity contribution in [3.05, 3.63) is 80.9 Å². The summed E-state index contributed by atoms with van der Waals surface area (Å²) in [5.41, 5.74) is 1.27. The number of carbonyl (C=O) groups is 2. The molecule has 2 heterocycles. The van der Waals surface area contributed by atoms with Gasteiger partial charge in [0.1, 0.15) is 17.5 Å². The van der Waals surface area contributed by atoms with Crippen LogP contribution >= 0.6 is 0 Å². The Kier molecular flexibility index (Phi) is 6.21. The number of hydrogen-bond donors (Lipinski definition) is 1. The van der Waals surface area contributed by atoms with E-state index in [2.05, 4.69) is 10.3 Å². The highest BCUT2D eigenvalue weighted by Gasteiger charge is 2.32. The van der Waals surface area contributed by atoms with Gasteiger partial charge in [-0.2, -0.15) is 5.26 Å². The molecule has 2 aromatic carbocycles. The first-order chi connectivity index (χ1) is 16.3. The zero-order chi connectivity index (χ0) is 24.4. The third-order valence-electron chi connectivity index (χ3n) is 5.50. The van der Waals surface area contributed by atoms with Crippen molar-refractivity contribution >= 4 is 29.0 Å². The maximum atomic E-state index is 13.2. The average Bonchev–Trinajstić information content (AvgIpc) is 3.17. The SMILES string of the molecule is C[C@@H]1CN(C(=O)/C(C#N)=C2/N=C(NC(=O)c3ccc([N+](=O)[O-])cc3)c3ccccc32)C[C@H](C)O1. The molecule has 34 heavy (non-hydrogen) atoms. The van der Waals surface area contributed by atoms with Gasteiger partial charge in [0.2, 0.25) is 0 Å². The topological polar surface area (TPSA) is 138 Å². The smallest absolute Gasteiger partial charge is 0.269 e. The summed E-state index contributed by atoms with van der Waals surface area (Å²) >= 11 is 0. The zero-order valence-electron chi connectivity index (χ0n) is 18.5. The number of nitro groups is 1. The minimum atomic E-state index is -0.549. The van der Waals surface area contributed by atoms with Crippen molar-refractivity contribution in [1.82, 2.24) is 10.2 Å². The lowest BCUT2D eigenvalue weighted by molar-refractivity contribution is -0.384. The molecule has 0 aromatic heterocycles. The van der Waals surface area contributed by atoms with Gasteiger partial charge in [0.25, 0.3) is 17.5 Å². The Balaban J connectivity index is 1.67. The molecular weight excluding hydrogens is 438 g/mol. The van der Waals surface area contributed by atoms with E-state index in [1.807, 2.05) is 19.9 Å². The lowest BCUT2D eigenvalue weighted by Gasteiger charge is -2.35. The summed E-state index contributed by atoms with van der Waals surface area (Å²) in [5.74, 6) is -0.774. The van der Waals surface area contributed by atoms with Crippen LogP contribution in [0.1, 0.15) is 35.3 Å². The van der Waals surface area contributed by atoms with E-state index in [0.717, 1.165) is 0 Å². The van der Waals surface area contributed by atoms with Gasteiger partial charge in [-0.25, -0.2) is 4.99 Å². The summed E-state index contributed by atoms with van der Waals surface area (Å²) in [6.07, 6.45) is -0.317. The van der Waals surface area contributed by atoms with Crippen molar-refractivity contribution in [1.29, 1.82) is 5.26 Å². The van der Waals surface area contributed by atoms with Crippen LogP contribution in [0.5, 0.6) is 0 Å².